The van der Waals surface area contributed by atoms with Gasteiger partial charge in [-0.3, -0.25) is 0 Å². The maximum atomic E-state index is 11.7. The second kappa shape index (κ2) is 9.34. The van der Waals surface area contributed by atoms with E-state index < -0.39 is 6.09 Å². The van der Waals surface area contributed by atoms with Gasteiger partial charge in [0.05, 0.1) is 6.61 Å². The number of carbonyl (C=O) groups excluding carboxylic acids is 1. The van der Waals surface area contributed by atoms with Gasteiger partial charge in [-0.2, -0.15) is 5.10 Å². The second-order valence-electron chi connectivity index (χ2n) is 7.38. The van der Waals surface area contributed by atoms with Crippen molar-refractivity contribution < 1.29 is 14.3 Å². The van der Waals surface area contributed by atoms with Crippen molar-refractivity contribution in [1.29, 1.82) is 0 Å². The zero-order valence-electron chi connectivity index (χ0n) is 17.3. The molecule has 8 nitrogen and oxygen atoms in total. The van der Waals surface area contributed by atoms with E-state index in [9.17, 15) is 4.79 Å². The Hall–Kier alpha value is -2.19. The molecule has 0 saturated carbocycles. The van der Waals surface area contributed by atoms with Gasteiger partial charge in [-0.15, -0.1) is 0 Å². The lowest BCUT2D eigenvalue weighted by Crippen LogP contribution is -2.41. The van der Waals surface area contributed by atoms with Crippen LogP contribution in [0.15, 0.2) is 5.10 Å². The van der Waals surface area contributed by atoms with Crippen LogP contribution in [-0.4, -0.2) is 45.7 Å². The summed E-state index contributed by atoms with van der Waals surface area (Å²) in [6, 6.07) is 0. The highest BCUT2D eigenvalue weighted by molar-refractivity contribution is 6.33. The summed E-state index contributed by atoms with van der Waals surface area (Å²) >= 11 is 6.28. The predicted molar refractivity (Wildman–Crippen MR) is 110 cm³/mol. The molecule has 0 aliphatic heterocycles. The number of aromatic nitrogens is 3. The smallest absolute Gasteiger partial charge is 0.407 e. The molecule has 1 amide bonds. The number of halogens is 1. The molecule has 0 aliphatic carbocycles. The number of hydrogen-bond donors (Lipinski definition) is 1. The Morgan fingerprint density at radius 1 is 1.32 bits per heavy atom. The van der Waals surface area contributed by atoms with Crippen molar-refractivity contribution in [2.75, 3.05) is 13.2 Å². The highest BCUT2D eigenvalue weighted by atomic mass is 35.5. The minimum Gasteiger partial charge on any atom is -0.449 e. The molecular formula is C19H28ClN5O3. The topological polar surface area (TPSA) is 90.6 Å². The van der Waals surface area contributed by atoms with Crippen molar-refractivity contribution in [3.05, 3.63) is 22.2 Å². The van der Waals surface area contributed by atoms with Gasteiger partial charge in [0.2, 0.25) is 0 Å². The molecular weight excluding hydrogens is 382 g/mol. The highest BCUT2D eigenvalue weighted by Crippen LogP contribution is 2.27. The Kier molecular flexibility index (Phi) is 7.37. The molecule has 154 valence electrons. The number of alkyl carbamates (subject to hydrolysis) is 1. The SMILES string of the molecule is CCOCc1nc2c(Cl)nc(C)c(C)c2n1N=CCCOC(=O)NC(C)(C)C. The zero-order valence-corrected chi connectivity index (χ0v) is 18.1. The Balaban J connectivity index is 2.18. The molecule has 0 radical (unpaired) electrons. The van der Waals surface area contributed by atoms with E-state index in [0.29, 0.717) is 36.1 Å². The molecule has 2 heterocycles. The second-order valence-corrected chi connectivity index (χ2v) is 7.74. The molecule has 0 saturated heterocycles. The molecule has 1 N–H and O–H groups in total. The molecule has 2 aromatic heterocycles. The highest BCUT2D eigenvalue weighted by Gasteiger charge is 2.18. The van der Waals surface area contributed by atoms with Crippen LogP contribution in [0.1, 0.15) is 51.2 Å². The van der Waals surface area contributed by atoms with Crippen molar-refractivity contribution in [1.82, 2.24) is 20.0 Å². The van der Waals surface area contributed by atoms with Crippen LogP contribution in [0.5, 0.6) is 0 Å². The minimum atomic E-state index is -0.449. The lowest BCUT2D eigenvalue weighted by molar-refractivity contribution is 0.126. The normalized spacial score (nSPS) is 12.1. The van der Waals surface area contributed by atoms with Gasteiger partial charge >= 0.3 is 6.09 Å². The number of pyridine rings is 1. The van der Waals surface area contributed by atoms with Gasteiger partial charge in [-0.05, 0) is 47.1 Å². The van der Waals surface area contributed by atoms with E-state index in [1.165, 1.54) is 0 Å². The van der Waals surface area contributed by atoms with E-state index >= 15 is 0 Å². The van der Waals surface area contributed by atoms with Crippen molar-refractivity contribution in [3.63, 3.8) is 0 Å². The fourth-order valence-corrected chi connectivity index (χ4v) is 2.75. The van der Waals surface area contributed by atoms with Crippen molar-refractivity contribution in [2.45, 2.75) is 60.1 Å². The Labute approximate surface area is 170 Å². The molecule has 0 unspecified atom stereocenters. The van der Waals surface area contributed by atoms with Crippen LogP contribution in [0, 0.1) is 13.8 Å². The van der Waals surface area contributed by atoms with Gasteiger partial charge in [0, 0.05) is 30.5 Å². The molecule has 0 spiro atoms. The molecule has 0 aromatic carbocycles. The number of ether oxygens (including phenoxy) is 2. The van der Waals surface area contributed by atoms with Crippen LogP contribution >= 0.6 is 11.6 Å². The maximum absolute atomic E-state index is 11.7. The number of nitrogens with one attached hydrogen (secondary N) is 1. The fourth-order valence-electron chi connectivity index (χ4n) is 2.49. The third-order valence-electron chi connectivity index (χ3n) is 3.87. The summed E-state index contributed by atoms with van der Waals surface area (Å²) in [7, 11) is 0. The molecule has 0 bridgehead atoms. The van der Waals surface area contributed by atoms with E-state index in [1.54, 1.807) is 10.9 Å². The number of aryl methyl sites for hydroxylation is 2. The maximum Gasteiger partial charge on any atom is 0.407 e. The van der Waals surface area contributed by atoms with Gasteiger partial charge in [0.1, 0.15) is 17.6 Å². The van der Waals surface area contributed by atoms with Gasteiger partial charge in [0.25, 0.3) is 0 Å². The van der Waals surface area contributed by atoms with Gasteiger partial charge in [-0.1, -0.05) is 11.6 Å². The predicted octanol–water partition coefficient (Wildman–Crippen LogP) is 3.99. The van der Waals surface area contributed by atoms with Crippen molar-refractivity contribution in [3.8, 4) is 0 Å². The summed E-state index contributed by atoms with van der Waals surface area (Å²) in [6.07, 6.45) is 1.70. The number of hydrogen-bond acceptors (Lipinski definition) is 6. The summed E-state index contributed by atoms with van der Waals surface area (Å²) in [6.45, 7) is 12.5. The minimum absolute atomic E-state index is 0.221. The van der Waals surface area contributed by atoms with Crippen LogP contribution in [0.4, 0.5) is 4.79 Å². The van der Waals surface area contributed by atoms with Gasteiger partial charge in [0.15, 0.2) is 11.0 Å². The zero-order chi connectivity index (χ0) is 20.9. The number of amides is 1. The van der Waals surface area contributed by atoms with E-state index in [-0.39, 0.29) is 12.1 Å². The number of nitrogens with zero attached hydrogens (tertiary/aromatic N) is 4. The fraction of sp³-hybridized carbons (Fsp3) is 0.579. The van der Waals surface area contributed by atoms with Crippen molar-refractivity contribution in [2.24, 2.45) is 5.10 Å². The van der Waals surface area contributed by atoms with E-state index in [0.717, 1.165) is 16.8 Å². The largest absolute Gasteiger partial charge is 0.449 e. The molecule has 28 heavy (non-hydrogen) atoms. The first-order valence-electron chi connectivity index (χ1n) is 9.23. The van der Waals surface area contributed by atoms with E-state index in [2.05, 4.69) is 20.4 Å². The molecule has 0 fully saturated rings. The Morgan fingerprint density at radius 3 is 2.68 bits per heavy atom. The van der Waals surface area contributed by atoms with Gasteiger partial charge < -0.3 is 14.8 Å². The lowest BCUT2D eigenvalue weighted by atomic mass is 10.1. The number of imidazole rings is 1. The van der Waals surface area contributed by atoms with Crippen LogP contribution in [0.3, 0.4) is 0 Å². The summed E-state index contributed by atoms with van der Waals surface area (Å²) in [5, 5.41) is 7.59. The average Bonchev–Trinajstić information content (AvgIpc) is 2.95. The first kappa shape index (κ1) is 22.1. The van der Waals surface area contributed by atoms with Gasteiger partial charge in [-0.25, -0.2) is 19.4 Å². The molecule has 2 rings (SSSR count). The third kappa shape index (κ3) is 5.65. The monoisotopic (exact) mass is 409 g/mol. The number of fused-ring (bicyclic) bond motifs is 1. The molecule has 9 heteroatoms. The van der Waals surface area contributed by atoms with E-state index in [1.807, 2.05) is 41.5 Å². The van der Waals surface area contributed by atoms with Crippen molar-refractivity contribution >= 4 is 34.9 Å². The lowest BCUT2D eigenvalue weighted by Gasteiger charge is -2.19. The average molecular weight is 410 g/mol. The molecule has 2 aromatic rings. The van der Waals surface area contributed by atoms with Crippen LogP contribution in [0.25, 0.3) is 11.0 Å². The summed E-state index contributed by atoms with van der Waals surface area (Å²) in [5.41, 5.74) is 2.83. The first-order chi connectivity index (χ1) is 13.1. The third-order valence-corrected chi connectivity index (χ3v) is 4.13. The van der Waals surface area contributed by atoms with Crippen LogP contribution < -0.4 is 5.32 Å². The summed E-state index contributed by atoms with van der Waals surface area (Å²) in [4.78, 5) is 20.6. The number of carbonyl (C=O) groups is 1. The van der Waals surface area contributed by atoms with E-state index in [4.69, 9.17) is 21.1 Å². The van der Waals surface area contributed by atoms with Crippen LogP contribution in [0.2, 0.25) is 5.15 Å². The Bertz CT molecular complexity index is 871. The number of rotatable bonds is 7. The van der Waals surface area contributed by atoms with Crippen LogP contribution in [-0.2, 0) is 16.1 Å². The molecule has 0 aliphatic rings. The summed E-state index contributed by atoms with van der Waals surface area (Å²) in [5.74, 6) is 0.636. The standard InChI is InChI=1S/C19H28ClN5O3/c1-7-27-11-14-23-15-16(12(2)13(3)22-17(15)20)25(14)21-9-8-10-28-18(26)24-19(4,5)6/h9H,7-8,10-11H2,1-6H3,(H,24,26). The first-order valence-corrected chi connectivity index (χ1v) is 9.61. The quantitative estimate of drug-likeness (QED) is 0.424. The molecule has 0 atom stereocenters. The Morgan fingerprint density at radius 2 is 2.04 bits per heavy atom. The summed E-state index contributed by atoms with van der Waals surface area (Å²) < 4.78 is 12.4.